The molecule has 2 amide bonds. The van der Waals surface area contributed by atoms with E-state index in [1.807, 2.05) is 19.0 Å². The van der Waals surface area contributed by atoms with Crippen LogP contribution in [0.3, 0.4) is 0 Å². The van der Waals surface area contributed by atoms with E-state index in [2.05, 4.69) is 5.32 Å². The summed E-state index contributed by atoms with van der Waals surface area (Å²) in [6, 6.07) is 3.31. The summed E-state index contributed by atoms with van der Waals surface area (Å²) in [6.07, 6.45) is -3.13. The molecule has 0 spiro atoms. The largest absolute Gasteiger partial charge is 0.468 e. The smallest absolute Gasteiger partial charge is 0.406 e. The number of likely N-dealkylation sites (tertiary alicyclic amines) is 1. The maximum absolute atomic E-state index is 12.4. The van der Waals surface area contributed by atoms with Crippen molar-refractivity contribution in [2.75, 3.05) is 33.7 Å². The molecule has 0 aliphatic carbocycles. The quantitative estimate of drug-likeness (QED) is 0.845. The first-order chi connectivity index (χ1) is 11.2. The number of nitrogens with one attached hydrogen (secondary N) is 1. The van der Waals surface area contributed by atoms with Gasteiger partial charge in [-0.15, -0.1) is 0 Å². The Morgan fingerprint density at radius 3 is 2.75 bits per heavy atom. The SMILES string of the molecule is CN(C)[C@@H](CNC(=O)[C@@H]1CC(=O)N(CC(F)(F)F)C1)c1ccco1. The summed E-state index contributed by atoms with van der Waals surface area (Å²) < 4.78 is 42.5. The van der Waals surface area contributed by atoms with Gasteiger partial charge in [-0.3, -0.25) is 14.5 Å². The molecule has 2 rings (SSSR count). The van der Waals surface area contributed by atoms with Crippen molar-refractivity contribution < 1.29 is 27.2 Å². The summed E-state index contributed by atoms with van der Waals surface area (Å²) >= 11 is 0. The second-order valence-electron chi connectivity index (χ2n) is 6.03. The molecule has 134 valence electrons. The Balaban J connectivity index is 1.90. The molecule has 0 aromatic carbocycles. The van der Waals surface area contributed by atoms with Gasteiger partial charge in [0.05, 0.1) is 18.2 Å². The second kappa shape index (κ2) is 7.25. The Kier molecular flexibility index (Phi) is 5.53. The normalized spacial score (nSPS) is 19.8. The summed E-state index contributed by atoms with van der Waals surface area (Å²) in [6.45, 7) is -1.29. The molecule has 6 nitrogen and oxygen atoms in total. The van der Waals surface area contributed by atoms with E-state index in [4.69, 9.17) is 4.42 Å². The van der Waals surface area contributed by atoms with Gasteiger partial charge in [0.1, 0.15) is 12.3 Å². The van der Waals surface area contributed by atoms with E-state index in [-0.39, 0.29) is 25.6 Å². The third-order valence-electron chi connectivity index (χ3n) is 3.92. The monoisotopic (exact) mass is 347 g/mol. The number of amides is 2. The molecule has 2 heterocycles. The fourth-order valence-corrected chi connectivity index (χ4v) is 2.68. The van der Waals surface area contributed by atoms with Crippen LogP contribution in [0.2, 0.25) is 0 Å². The van der Waals surface area contributed by atoms with E-state index < -0.39 is 30.5 Å². The van der Waals surface area contributed by atoms with Gasteiger partial charge in [-0.05, 0) is 26.2 Å². The average Bonchev–Trinajstić information content (AvgIpc) is 3.08. The third kappa shape index (κ3) is 4.73. The van der Waals surface area contributed by atoms with Crippen LogP contribution < -0.4 is 5.32 Å². The molecule has 1 aromatic heterocycles. The first kappa shape index (κ1) is 18.3. The molecule has 0 bridgehead atoms. The molecule has 0 radical (unpaired) electrons. The van der Waals surface area contributed by atoms with Gasteiger partial charge in [0, 0.05) is 19.5 Å². The van der Waals surface area contributed by atoms with Crippen molar-refractivity contribution in [3.8, 4) is 0 Å². The molecule has 1 N–H and O–H groups in total. The zero-order chi connectivity index (χ0) is 17.9. The molecule has 1 aromatic rings. The van der Waals surface area contributed by atoms with E-state index in [1.165, 1.54) is 6.26 Å². The average molecular weight is 347 g/mol. The molecule has 24 heavy (non-hydrogen) atoms. The van der Waals surface area contributed by atoms with Gasteiger partial charge in [-0.2, -0.15) is 13.2 Å². The molecular weight excluding hydrogens is 327 g/mol. The number of halogens is 3. The van der Waals surface area contributed by atoms with Gasteiger partial charge < -0.3 is 14.6 Å². The highest BCUT2D eigenvalue weighted by Crippen LogP contribution is 2.24. The van der Waals surface area contributed by atoms with Crippen LogP contribution in [0.5, 0.6) is 0 Å². The molecule has 1 aliphatic rings. The minimum Gasteiger partial charge on any atom is -0.468 e. The van der Waals surface area contributed by atoms with Crippen LogP contribution in [0.25, 0.3) is 0 Å². The lowest BCUT2D eigenvalue weighted by molar-refractivity contribution is -0.157. The fourth-order valence-electron chi connectivity index (χ4n) is 2.68. The van der Waals surface area contributed by atoms with E-state index in [0.717, 1.165) is 0 Å². The molecule has 0 saturated carbocycles. The van der Waals surface area contributed by atoms with Crippen LogP contribution in [-0.2, 0) is 9.59 Å². The first-order valence-electron chi connectivity index (χ1n) is 7.49. The standard InChI is InChI=1S/C15H20F3N3O3/c1-20(2)11(12-4-3-5-24-12)7-19-14(23)10-6-13(22)21(8-10)9-15(16,17)18/h3-5,10-11H,6-9H2,1-2H3,(H,19,23)/t10-,11+/m1/s1. The summed E-state index contributed by atoms with van der Waals surface area (Å²) in [5, 5.41) is 2.70. The van der Waals surface area contributed by atoms with Gasteiger partial charge in [-0.25, -0.2) is 0 Å². The van der Waals surface area contributed by atoms with Crippen LogP contribution in [0, 0.1) is 5.92 Å². The van der Waals surface area contributed by atoms with Crippen molar-refractivity contribution >= 4 is 11.8 Å². The number of alkyl halides is 3. The third-order valence-corrected chi connectivity index (χ3v) is 3.92. The van der Waals surface area contributed by atoms with Crippen LogP contribution in [0.15, 0.2) is 22.8 Å². The highest BCUT2D eigenvalue weighted by Gasteiger charge is 2.40. The summed E-state index contributed by atoms with van der Waals surface area (Å²) in [4.78, 5) is 26.3. The Morgan fingerprint density at radius 2 is 2.21 bits per heavy atom. The molecular formula is C15H20F3N3O3. The minimum absolute atomic E-state index is 0.199. The first-order valence-corrected chi connectivity index (χ1v) is 7.49. The van der Waals surface area contributed by atoms with Crippen molar-refractivity contribution in [3.05, 3.63) is 24.2 Å². The zero-order valence-corrected chi connectivity index (χ0v) is 13.5. The Morgan fingerprint density at radius 1 is 1.50 bits per heavy atom. The Hall–Kier alpha value is -2.03. The van der Waals surface area contributed by atoms with E-state index in [9.17, 15) is 22.8 Å². The number of hydrogen-bond donors (Lipinski definition) is 1. The number of carbonyl (C=O) groups is 2. The number of carbonyl (C=O) groups excluding carboxylic acids is 2. The van der Waals surface area contributed by atoms with Gasteiger partial charge in [0.2, 0.25) is 11.8 Å². The highest BCUT2D eigenvalue weighted by atomic mass is 19.4. The van der Waals surface area contributed by atoms with E-state index in [1.54, 1.807) is 12.1 Å². The molecule has 1 aliphatic heterocycles. The summed E-state index contributed by atoms with van der Waals surface area (Å²) in [5.74, 6) is -1.17. The predicted molar refractivity (Wildman–Crippen MR) is 78.9 cm³/mol. The van der Waals surface area contributed by atoms with Crippen LogP contribution >= 0.6 is 0 Å². The second-order valence-corrected chi connectivity index (χ2v) is 6.03. The maximum atomic E-state index is 12.4. The van der Waals surface area contributed by atoms with Gasteiger partial charge in [-0.1, -0.05) is 0 Å². The molecule has 1 fully saturated rings. The topological polar surface area (TPSA) is 65.8 Å². The van der Waals surface area contributed by atoms with Crippen LogP contribution in [0.1, 0.15) is 18.2 Å². The lowest BCUT2D eigenvalue weighted by Crippen LogP contribution is -2.39. The summed E-state index contributed by atoms with van der Waals surface area (Å²) in [7, 11) is 3.65. The lowest BCUT2D eigenvalue weighted by atomic mass is 10.1. The number of likely N-dealkylation sites (N-methyl/N-ethyl adjacent to an activating group) is 1. The van der Waals surface area contributed by atoms with Gasteiger partial charge in [0.15, 0.2) is 0 Å². The predicted octanol–water partition coefficient (Wildman–Crippen LogP) is 1.41. The number of furan rings is 1. The van der Waals surface area contributed by atoms with Crippen molar-refractivity contribution in [2.45, 2.75) is 18.6 Å². The molecule has 0 unspecified atom stereocenters. The highest BCUT2D eigenvalue weighted by molar-refractivity contribution is 5.89. The number of nitrogens with zero attached hydrogens (tertiary/aromatic N) is 2. The number of rotatable bonds is 6. The molecule has 1 saturated heterocycles. The fraction of sp³-hybridized carbons (Fsp3) is 0.600. The van der Waals surface area contributed by atoms with Crippen LogP contribution in [0.4, 0.5) is 13.2 Å². The maximum Gasteiger partial charge on any atom is 0.406 e. The van der Waals surface area contributed by atoms with Crippen molar-refractivity contribution in [1.82, 2.24) is 15.1 Å². The van der Waals surface area contributed by atoms with Crippen LogP contribution in [-0.4, -0.2) is 61.5 Å². The lowest BCUT2D eigenvalue weighted by Gasteiger charge is -2.23. The minimum atomic E-state index is -4.46. The van der Waals surface area contributed by atoms with Gasteiger partial charge in [0.25, 0.3) is 0 Å². The van der Waals surface area contributed by atoms with E-state index in [0.29, 0.717) is 10.7 Å². The summed E-state index contributed by atoms with van der Waals surface area (Å²) in [5.41, 5.74) is 0. The van der Waals surface area contributed by atoms with Crippen molar-refractivity contribution in [3.63, 3.8) is 0 Å². The van der Waals surface area contributed by atoms with Crippen molar-refractivity contribution in [1.29, 1.82) is 0 Å². The van der Waals surface area contributed by atoms with E-state index >= 15 is 0 Å². The Labute approximate surface area is 137 Å². The number of hydrogen-bond acceptors (Lipinski definition) is 4. The molecule has 9 heteroatoms. The van der Waals surface area contributed by atoms with Gasteiger partial charge >= 0.3 is 6.18 Å². The Bertz CT molecular complexity index is 572. The molecule has 2 atom stereocenters. The zero-order valence-electron chi connectivity index (χ0n) is 13.5. The van der Waals surface area contributed by atoms with Crippen molar-refractivity contribution in [2.24, 2.45) is 5.92 Å².